The Balaban J connectivity index is 1.04. The molecule has 13 heteroatoms. The molecule has 0 fully saturated rings. The number of carboxylic acids is 2. The normalized spacial score (nSPS) is 13.1. The van der Waals surface area contributed by atoms with Crippen molar-refractivity contribution in [3.63, 3.8) is 0 Å². The van der Waals surface area contributed by atoms with Gasteiger partial charge in [-0.1, -0.05) is 140 Å². The maximum atomic E-state index is 12.0. The van der Waals surface area contributed by atoms with Crippen LogP contribution in [0.2, 0.25) is 0 Å². The largest absolute Gasteiger partial charge is 0.486 e. The number of ether oxygens (including phenoxy) is 4. The predicted molar refractivity (Wildman–Crippen MR) is 278 cm³/mol. The second kappa shape index (κ2) is 25.7. The van der Waals surface area contributed by atoms with Crippen LogP contribution < -0.4 is 23.8 Å². The van der Waals surface area contributed by atoms with Gasteiger partial charge in [0.1, 0.15) is 26.4 Å². The SMILES string of the molecule is [C-]#[N+]/C(=C\c1ccc(N(c2ccc(/C=C(\[N+]#[C-])c3sc(C(=O)O)c4c3OCCO4)cc2)c2ccc(CCCCCCCCCCCCCCCCCC)cc2)cc1)c1sc(C(=O)O)c2c1OCCO2. The molecule has 0 saturated carbocycles. The summed E-state index contributed by atoms with van der Waals surface area (Å²) in [4.78, 5) is 34.5. The van der Waals surface area contributed by atoms with Gasteiger partial charge < -0.3 is 34.1 Å². The molecule has 69 heavy (non-hydrogen) atoms. The van der Waals surface area contributed by atoms with E-state index in [1.807, 2.05) is 48.5 Å². The van der Waals surface area contributed by atoms with Gasteiger partial charge in [0.25, 0.3) is 0 Å². The third-order valence-corrected chi connectivity index (χ3v) is 14.6. The first-order chi connectivity index (χ1) is 33.8. The van der Waals surface area contributed by atoms with E-state index in [-0.39, 0.29) is 70.6 Å². The Labute approximate surface area is 414 Å². The van der Waals surface area contributed by atoms with Crippen LogP contribution in [0, 0.1) is 13.1 Å². The lowest BCUT2D eigenvalue weighted by Gasteiger charge is -2.26. The van der Waals surface area contributed by atoms with Crippen molar-refractivity contribution in [3.05, 3.63) is 132 Å². The van der Waals surface area contributed by atoms with Gasteiger partial charge in [-0.25, -0.2) is 19.3 Å². The fraction of sp³-hybridized carbons (Fsp3) is 0.393. The van der Waals surface area contributed by atoms with Crippen molar-refractivity contribution in [1.82, 2.24) is 0 Å². The first-order valence-corrected chi connectivity index (χ1v) is 26.0. The van der Waals surface area contributed by atoms with E-state index >= 15 is 0 Å². The predicted octanol–water partition coefficient (Wildman–Crippen LogP) is 15.9. The van der Waals surface area contributed by atoms with Crippen LogP contribution in [0.4, 0.5) is 17.1 Å². The van der Waals surface area contributed by atoms with Gasteiger partial charge in [0, 0.05) is 17.1 Å². The van der Waals surface area contributed by atoms with E-state index in [0.717, 1.165) is 63.7 Å². The lowest BCUT2D eigenvalue weighted by Crippen LogP contribution is -2.16. The number of nitrogens with zero attached hydrogens (tertiary/aromatic N) is 3. The average Bonchev–Trinajstić information content (AvgIpc) is 3.96. The van der Waals surface area contributed by atoms with E-state index in [2.05, 4.69) is 45.8 Å². The number of aromatic carboxylic acids is 2. The van der Waals surface area contributed by atoms with Crippen molar-refractivity contribution in [1.29, 1.82) is 0 Å². The molecular formula is C56H61N3O8S2. The van der Waals surface area contributed by atoms with Crippen molar-refractivity contribution >= 4 is 75.2 Å². The van der Waals surface area contributed by atoms with Crippen LogP contribution in [-0.4, -0.2) is 48.6 Å². The molecule has 0 atom stereocenters. The second-order valence-corrected chi connectivity index (χ2v) is 19.4. The molecule has 0 bridgehead atoms. The lowest BCUT2D eigenvalue weighted by molar-refractivity contribution is 0.0682. The number of rotatable bonds is 26. The molecule has 4 heterocycles. The fourth-order valence-electron chi connectivity index (χ4n) is 8.71. The van der Waals surface area contributed by atoms with E-state index in [9.17, 15) is 19.8 Å². The third-order valence-electron chi connectivity index (χ3n) is 12.3. The van der Waals surface area contributed by atoms with Crippen LogP contribution in [-0.2, 0) is 6.42 Å². The number of fused-ring (bicyclic) bond motifs is 2. The first-order valence-electron chi connectivity index (χ1n) is 24.4. The molecule has 2 N–H and O–H groups in total. The molecule has 0 unspecified atom stereocenters. The number of benzene rings is 3. The number of carbonyl (C=O) groups is 2. The van der Waals surface area contributed by atoms with Gasteiger partial charge >= 0.3 is 11.9 Å². The summed E-state index contributed by atoms with van der Waals surface area (Å²) >= 11 is 1.94. The number of hydrogen-bond acceptors (Lipinski definition) is 9. The van der Waals surface area contributed by atoms with Crippen molar-refractivity contribution in [2.75, 3.05) is 31.3 Å². The van der Waals surface area contributed by atoms with Crippen LogP contribution in [0.5, 0.6) is 23.0 Å². The van der Waals surface area contributed by atoms with E-state index in [1.165, 1.54) is 102 Å². The number of thiophene rings is 2. The molecule has 2 aromatic heterocycles. The van der Waals surface area contributed by atoms with E-state index in [0.29, 0.717) is 9.75 Å². The topological polar surface area (TPSA) is 123 Å². The summed E-state index contributed by atoms with van der Waals surface area (Å²) in [5.41, 5.74) is 5.98. The lowest BCUT2D eigenvalue weighted by atomic mass is 10.0. The molecule has 0 aliphatic carbocycles. The summed E-state index contributed by atoms with van der Waals surface area (Å²) in [7, 11) is 0. The van der Waals surface area contributed by atoms with Crippen LogP contribution in [0.25, 0.3) is 33.2 Å². The maximum absolute atomic E-state index is 12.0. The van der Waals surface area contributed by atoms with Crippen molar-refractivity contribution in [2.24, 2.45) is 0 Å². The van der Waals surface area contributed by atoms with Crippen LogP contribution in [0.3, 0.4) is 0 Å². The molecule has 0 amide bonds. The van der Waals surface area contributed by atoms with E-state index < -0.39 is 11.9 Å². The summed E-state index contributed by atoms with van der Waals surface area (Å²) in [5.74, 6) is -1.36. The Hall–Kier alpha value is -6.54. The highest BCUT2D eigenvalue weighted by atomic mass is 32.1. The smallest absolute Gasteiger partial charge is 0.349 e. The molecule has 3 aromatic carbocycles. The van der Waals surface area contributed by atoms with Gasteiger partial charge in [0.05, 0.1) is 22.9 Å². The summed E-state index contributed by atoms with van der Waals surface area (Å²) in [6.45, 7) is 19.3. The van der Waals surface area contributed by atoms with Crippen molar-refractivity contribution in [3.8, 4) is 23.0 Å². The van der Waals surface area contributed by atoms with Crippen LogP contribution in [0.1, 0.15) is 155 Å². The third kappa shape index (κ3) is 13.4. The Morgan fingerprint density at radius 1 is 0.507 bits per heavy atom. The number of anilines is 3. The summed E-state index contributed by atoms with van der Waals surface area (Å²) in [5, 5.41) is 19.6. The van der Waals surface area contributed by atoms with Gasteiger partial charge in [-0.2, -0.15) is 0 Å². The highest BCUT2D eigenvalue weighted by molar-refractivity contribution is 7.16. The summed E-state index contributed by atoms with van der Waals surface area (Å²) < 4.78 is 22.9. The Morgan fingerprint density at radius 2 is 0.826 bits per heavy atom. The van der Waals surface area contributed by atoms with Gasteiger partial charge in [0.15, 0.2) is 32.8 Å². The second-order valence-electron chi connectivity index (χ2n) is 17.4. The molecule has 0 saturated heterocycles. The van der Waals surface area contributed by atoms with E-state index in [4.69, 9.17) is 32.1 Å². The summed E-state index contributed by atoms with van der Waals surface area (Å²) in [6, 6.07) is 24.3. The molecule has 0 spiro atoms. The standard InChI is InChI=1S/C56H61N3O8S2/c1-4-5-6-7-8-9-10-11-12-13-14-15-16-17-18-19-20-39-21-27-42(28-22-39)59(43-29-23-40(24-30-43)37-45(57-2)51-47-49(66-35-33-64-47)53(68-51)55(60)61)44-31-25-41(26-32-44)38-46(58-3)52-48-50(67-36-34-65-48)54(69-52)56(62)63/h21-32,37-38H,4-20,33-36H2,1H3,(H,60,61)(H,62,63)/b45-37-,46-38-. The first kappa shape index (κ1) is 50.3. The molecule has 7 rings (SSSR count). The van der Waals surface area contributed by atoms with Gasteiger partial charge in [0.2, 0.25) is 11.4 Å². The average molecular weight is 968 g/mol. The van der Waals surface area contributed by atoms with Gasteiger partial charge in [-0.05, 0) is 78.1 Å². The molecular weight excluding hydrogens is 907 g/mol. The van der Waals surface area contributed by atoms with Crippen LogP contribution >= 0.6 is 22.7 Å². The minimum atomic E-state index is -1.13. The molecule has 0 radical (unpaired) electrons. The highest BCUT2D eigenvalue weighted by Crippen LogP contribution is 2.49. The number of unbranched alkanes of at least 4 members (excludes halogenated alkanes) is 15. The fourth-order valence-corrected chi connectivity index (χ4v) is 10.7. The zero-order valence-electron chi connectivity index (χ0n) is 39.4. The highest BCUT2D eigenvalue weighted by Gasteiger charge is 2.31. The van der Waals surface area contributed by atoms with Crippen molar-refractivity contribution in [2.45, 2.75) is 116 Å². The zero-order chi connectivity index (χ0) is 48.4. The molecule has 2 aliphatic rings. The Kier molecular flexibility index (Phi) is 18.8. The van der Waals surface area contributed by atoms with E-state index in [1.54, 1.807) is 12.2 Å². The minimum Gasteiger partial charge on any atom is -0.486 e. The van der Waals surface area contributed by atoms with Crippen molar-refractivity contribution < 1.29 is 38.7 Å². The molecule has 360 valence electrons. The van der Waals surface area contributed by atoms with Gasteiger partial charge in [-0.3, -0.25) is 0 Å². The zero-order valence-corrected chi connectivity index (χ0v) is 41.1. The van der Waals surface area contributed by atoms with Gasteiger partial charge in [-0.15, -0.1) is 22.7 Å². The molecule has 5 aromatic rings. The molecule has 11 nitrogen and oxygen atoms in total. The Bertz CT molecular complexity index is 2510. The Morgan fingerprint density at radius 3 is 1.16 bits per heavy atom. The monoisotopic (exact) mass is 967 g/mol. The molecule has 2 aliphatic heterocycles. The maximum Gasteiger partial charge on any atom is 0.349 e. The minimum absolute atomic E-state index is 0.00415. The number of hydrogen-bond donors (Lipinski definition) is 2. The summed E-state index contributed by atoms with van der Waals surface area (Å²) in [6.07, 6.45) is 26.0. The number of carboxylic acid groups (broad SMARTS) is 2. The quantitative estimate of drug-likeness (QED) is 0.0412. The number of aryl methyl sites for hydroxylation is 1. The van der Waals surface area contributed by atoms with Crippen LogP contribution in [0.15, 0.2) is 72.8 Å².